The molecule has 0 aromatic rings. The molecule has 0 aliphatic rings. The Morgan fingerprint density at radius 1 is 0.577 bits per heavy atom. The maximum absolute atomic E-state index is 12.7. The highest BCUT2D eigenvalue weighted by Crippen LogP contribution is 2.17. The van der Waals surface area contributed by atoms with Gasteiger partial charge in [0, 0.05) is 12.8 Å². The van der Waals surface area contributed by atoms with Crippen molar-refractivity contribution in [3.63, 3.8) is 0 Å². The fourth-order valence-electron chi connectivity index (χ4n) is 5.66. The Balaban J connectivity index is 4.50. The molecule has 0 aliphatic heterocycles. The van der Waals surface area contributed by atoms with Crippen LogP contribution in [-0.2, 0) is 19.1 Å². The minimum atomic E-state index is -1.01. The summed E-state index contributed by atoms with van der Waals surface area (Å²) in [6.45, 7) is 4.75. The Hall–Kier alpha value is -3.19. The molecule has 0 aliphatic carbocycles. The van der Waals surface area contributed by atoms with Crippen molar-refractivity contribution in [2.24, 2.45) is 5.73 Å². The summed E-state index contributed by atoms with van der Waals surface area (Å²) in [6.07, 6.45) is 49.4. The smallest absolute Gasteiger partial charge is 0.326 e. The van der Waals surface area contributed by atoms with Gasteiger partial charge < -0.3 is 20.9 Å². The first-order valence-electron chi connectivity index (χ1n) is 20.8. The number of esters is 1. The molecule has 2 atom stereocenters. The highest BCUT2D eigenvalue weighted by Gasteiger charge is 2.19. The highest BCUT2D eigenvalue weighted by molar-refractivity contribution is 5.83. The third kappa shape index (κ3) is 35.2. The minimum absolute atomic E-state index is 0.0737. The van der Waals surface area contributed by atoms with Crippen LogP contribution in [-0.4, -0.2) is 41.6 Å². The molecule has 0 bridgehead atoms. The lowest BCUT2D eigenvalue weighted by molar-refractivity contribution is -0.150. The van der Waals surface area contributed by atoms with Gasteiger partial charge in [-0.05, 0) is 109 Å². The van der Waals surface area contributed by atoms with Crippen LogP contribution in [0.1, 0.15) is 174 Å². The number of hydrogen-bond acceptors (Lipinski definition) is 5. The van der Waals surface area contributed by atoms with Crippen molar-refractivity contribution in [1.29, 1.82) is 0 Å². The van der Waals surface area contributed by atoms with E-state index >= 15 is 0 Å². The van der Waals surface area contributed by atoms with Crippen LogP contribution < -0.4 is 11.1 Å². The predicted molar refractivity (Wildman–Crippen MR) is 220 cm³/mol. The van der Waals surface area contributed by atoms with Gasteiger partial charge in [0.25, 0.3) is 0 Å². The normalized spacial score (nSPS) is 13.4. The molecule has 2 unspecified atom stereocenters. The Morgan fingerprint density at radius 2 is 1.10 bits per heavy atom. The summed E-state index contributed by atoms with van der Waals surface area (Å²) >= 11 is 0. The van der Waals surface area contributed by atoms with Crippen LogP contribution in [0.25, 0.3) is 0 Å². The average Bonchev–Trinajstić information content (AvgIpc) is 3.13. The fourth-order valence-corrected chi connectivity index (χ4v) is 5.66. The first-order chi connectivity index (χ1) is 25.4. The van der Waals surface area contributed by atoms with Crippen molar-refractivity contribution in [2.45, 2.75) is 187 Å². The Bertz CT molecular complexity index is 1040. The SMILES string of the molecule is CC/C=C\C/C=C\C/C=C\C/C=C\CCC(CCCCCCCC(=O)NC(CCCN)C(=O)O)OC(=O)CCCCCCC/C=C\C/C=C\CCC. The van der Waals surface area contributed by atoms with Gasteiger partial charge >= 0.3 is 11.9 Å². The van der Waals surface area contributed by atoms with E-state index in [1.807, 2.05) is 0 Å². The first kappa shape index (κ1) is 48.8. The van der Waals surface area contributed by atoms with Crippen LogP contribution in [0.4, 0.5) is 0 Å². The van der Waals surface area contributed by atoms with Gasteiger partial charge in [-0.3, -0.25) is 9.59 Å². The van der Waals surface area contributed by atoms with Crippen molar-refractivity contribution in [3.8, 4) is 0 Å². The largest absolute Gasteiger partial charge is 0.480 e. The number of allylic oxidation sites excluding steroid dienone is 12. The van der Waals surface area contributed by atoms with Gasteiger partial charge in [0.1, 0.15) is 12.1 Å². The zero-order valence-corrected chi connectivity index (χ0v) is 33.1. The number of rotatable bonds is 36. The lowest BCUT2D eigenvalue weighted by atomic mass is 10.0. The molecule has 0 radical (unpaired) electrons. The summed E-state index contributed by atoms with van der Waals surface area (Å²) < 4.78 is 5.99. The number of carbonyl (C=O) groups is 3. The first-order valence-corrected chi connectivity index (χ1v) is 20.8. The number of carboxylic acids is 1. The zero-order valence-electron chi connectivity index (χ0n) is 33.1. The standard InChI is InChI=1S/C45H76N2O5/c1-3-5-7-9-11-13-15-17-19-21-23-26-30-35-41(36-31-27-25-28-32-38-43(48)47-42(45(50)51)37-34-40-46)52-44(49)39-33-29-24-22-20-18-16-14-12-10-8-6-4-2/h5,7-8,10-11,13-14,16-17,19,23,26,41-42H,3-4,6,9,12,15,18,20-22,24-25,27-40,46H2,1-2H3,(H,47,48)(H,50,51)/b7-5-,10-8-,13-11-,16-14-,19-17-,26-23-. The van der Waals surface area contributed by atoms with E-state index in [-0.39, 0.29) is 18.0 Å². The molecule has 0 aromatic carbocycles. The van der Waals surface area contributed by atoms with Crippen molar-refractivity contribution in [2.75, 3.05) is 6.54 Å². The molecular formula is C45H76N2O5. The van der Waals surface area contributed by atoms with Gasteiger partial charge in [-0.2, -0.15) is 0 Å². The van der Waals surface area contributed by atoms with E-state index in [1.54, 1.807) is 0 Å². The second-order valence-electron chi connectivity index (χ2n) is 13.7. The van der Waals surface area contributed by atoms with Gasteiger partial charge in [0.05, 0.1) is 0 Å². The average molecular weight is 725 g/mol. The summed E-state index contributed by atoms with van der Waals surface area (Å²) in [4.78, 5) is 36.3. The minimum Gasteiger partial charge on any atom is -0.480 e. The molecule has 4 N–H and O–H groups in total. The molecule has 7 nitrogen and oxygen atoms in total. The van der Waals surface area contributed by atoms with E-state index in [0.717, 1.165) is 116 Å². The fraction of sp³-hybridized carbons (Fsp3) is 0.667. The van der Waals surface area contributed by atoms with Gasteiger partial charge in [0.2, 0.25) is 5.91 Å². The molecule has 0 aromatic heterocycles. The van der Waals surface area contributed by atoms with E-state index in [0.29, 0.717) is 32.2 Å². The van der Waals surface area contributed by atoms with Crippen LogP contribution in [0.15, 0.2) is 72.9 Å². The summed E-state index contributed by atoms with van der Waals surface area (Å²) in [7, 11) is 0. The monoisotopic (exact) mass is 725 g/mol. The number of amides is 1. The maximum Gasteiger partial charge on any atom is 0.326 e. The van der Waals surface area contributed by atoms with Crippen LogP contribution in [0, 0.1) is 0 Å². The van der Waals surface area contributed by atoms with Crippen molar-refractivity contribution >= 4 is 17.8 Å². The quantitative estimate of drug-likeness (QED) is 0.0336. The predicted octanol–water partition coefficient (Wildman–Crippen LogP) is 11.6. The summed E-state index contributed by atoms with van der Waals surface area (Å²) in [6, 6.07) is -0.868. The summed E-state index contributed by atoms with van der Waals surface area (Å²) in [5.74, 6) is -1.31. The Labute approximate surface area is 318 Å². The summed E-state index contributed by atoms with van der Waals surface area (Å²) in [5.41, 5.74) is 5.48. The second kappa shape index (κ2) is 39.0. The molecular weight excluding hydrogens is 649 g/mol. The Morgan fingerprint density at radius 3 is 1.69 bits per heavy atom. The number of carboxylic acid groups (broad SMARTS) is 1. The third-order valence-electron chi connectivity index (χ3n) is 8.74. The molecule has 7 heteroatoms. The van der Waals surface area contributed by atoms with Crippen molar-refractivity contribution in [1.82, 2.24) is 5.32 Å². The molecule has 0 fully saturated rings. The number of nitrogens with two attached hydrogens (primary N) is 1. The maximum atomic E-state index is 12.7. The number of carbonyl (C=O) groups excluding carboxylic acids is 2. The van der Waals surface area contributed by atoms with Crippen LogP contribution in [0.3, 0.4) is 0 Å². The Kier molecular flexibility index (Phi) is 36.6. The molecule has 52 heavy (non-hydrogen) atoms. The van der Waals surface area contributed by atoms with E-state index in [2.05, 4.69) is 92.1 Å². The molecule has 1 amide bonds. The molecule has 0 saturated carbocycles. The molecule has 0 spiro atoms. The molecule has 0 rings (SSSR count). The number of ether oxygens (including phenoxy) is 1. The van der Waals surface area contributed by atoms with Gasteiger partial charge in [-0.15, -0.1) is 0 Å². The zero-order chi connectivity index (χ0) is 38.2. The van der Waals surface area contributed by atoms with E-state index in [4.69, 9.17) is 10.5 Å². The van der Waals surface area contributed by atoms with E-state index < -0.39 is 12.0 Å². The number of hydrogen-bond donors (Lipinski definition) is 3. The van der Waals surface area contributed by atoms with E-state index in [9.17, 15) is 19.5 Å². The number of nitrogens with one attached hydrogen (secondary N) is 1. The third-order valence-corrected chi connectivity index (χ3v) is 8.74. The molecule has 0 saturated heterocycles. The van der Waals surface area contributed by atoms with Crippen molar-refractivity contribution in [3.05, 3.63) is 72.9 Å². The number of aliphatic carboxylic acids is 1. The number of unbranched alkanes of at least 4 members (excludes halogenated alkanes) is 10. The highest BCUT2D eigenvalue weighted by atomic mass is 16.5. The van der Waals surface area contributed by atoms with Crippen molar-refractivity contribution < 1.29 is 24.2 Å². The topological polar surface area (TPSA) is 119 Å². The lowest BCUT2D eigenvalue weighted by Crippen LogP contribution is -2.40. The van der Waals surface area contributed by atoms with Crippen LogP contribution in [0.2, 0.25) is 0 Å². The lowest BCUT2D eigenvalue weighted by Gasteiger charge is -2.17. The second-order valence-corrected chi connectivity index (χ2v) is 13.7. The van der Waals surface area contributed by atoms with Crippen LogP contribution >= 0.6 is 0 Å². The van der Waals surface area contributed by atoms with E-state index in [1.165, 1.54) is 19.3 Å². The summed E-state index contributed by atoms with van der Waals surface area (Å²) in [5, 5.41) is 11.9. The van der Waals surface area contributed by atoms with Gasteiger partial charge in [0.15, 0.2) is 0 Å². The van der Waals surface area contributed by atoms with Gasteiger partial charge in [-0.1, -0.05) is 132 Å². The van der Waals surface area contributed by atoms with Gasteiger partial charge in [-0.25, -0.2) is 4.79 Å². The molecule has 296 valence electrons. The van der Waals surface area contributed by atoms with Crippen LogP contribution in [0.5, 0.6) is 0 Å². The molecule has 0 heterocycles.